The first-order valence-corrected chi connectivity index (χ1v) is 9.36. The van der Waals surface area contributed by atoms with Crippen molar-refractivity contribution in [2.24, 2.45) is 5.92 Å². The predicted octanol–water partition coefficient (Wildman–Crippen LogP) is 3.66. The van der Waals surface area contributed by atoms with Crippen molar-refractivity contribution >= 4 is 21.7 Å². The summed E-state index contributed by atoms with van der Waals surface area (Å²) in [5.74, 6) is 2.57. The first-order valence-electron chi connectivity index (χ1n) is 8.57. The fraction of sp³-hybridized carbons (Fsp3) is 0.812. The maximum atomic E-state index is 5.08. The summed E-state index contributed by atoms with van der Waals surface area (Å²) in [5, 5.41) is 12.2. The van der Waals surface area contributed by atoms with Crippen LogP contribution in [0.2, 0.25) is 0 Å². The van der Waals surface area contributed by atoms with E-state index < -0.39 is 0 Å². The molecular weight excluding hydrogens is 328 g/mol. The summed E-state index contributed by atoms with van der Waals surface area (Å²) in [6, 6.07) is 0.582. The van der Waals surface area contributed by atoms with E-state index in [-0.39, 0.29) is 0 Å². The van der Waals surface area contributed by atoms with Gasteiger partial charge in [-0.1, -0.05) is 25.7 Å². The van der Waals surface area contributed by atoms with Crippen molar-refractivity contribution in [3.8, 4) is 0 Å². The SMILES string of the molecule is Brc1c(C2CCCCCC2)nn2c1NCC1CNCCC12. The van der Waals surface area contributed by atoms with Gasteiger partial charge in [-0.05, 0) is 41.7 Å². The first kappa shape index (κ1) is 14.1. The highest BCUT2D eigenvalue weighted by molar-refractivity contribution is 9.10. The third-order valence-corrected chi connectivity index (χ3v) is 6.31. The molecule has 0 aromatic carbocycles. The number of halogens is 1. The predicted molar refractivity (Wildman–Crippen MR) is 88.9 cm³/mol. The summed E-state index contributed by atoms with van der Waals surface area (Å²) in [7, 11) is 0. The molecule has 3 aliphatic rings. The number of hydrogen-bond donors (Lipinski definition) is 2. The third kappa shape index (κ3) is 2.52. The van der Waals surface area contributed by atoms with Gasteiger partial charge < -0.3 is 10.6 Å². The lowest BCUT2D eigenvalue weighted by molar-refractivity contribution is 0.236. The van der Waals surface area contributed by atoms with Gasteiger partial charge in [0.05, 0.1) is 16.2 Å². The molecule has 3 heterocycles. The van der Waals surface area contributed by atoms with Gasteiger partial charge in [0.1, 0.15) is 5.82 Å². The Bertz CT molecular complexity index is 505. The number of rotatable bonds is 1. The van der Waals surface area contributed by atoms with Crippen LogP contribution in [0.3, 0.4) is 0 Å². The van der Waals surface area contributed by atoms with Gasteiger partial charge in [-0.15, -0.1) is 0 Å². The summed E-state index contributed by atoms with van der Waals surface area (Å²) in [5.41, 5.74) is 1.32. The van der Waals surface area contributed by atoms with E-state index in [1.54, 1.807) is 0 Å². The summed E-state index contributed by atoms with van der Waals surface area (Å²) in [4.78, 5) is 0. The van der Waals surface area contributed by atoms with Gasteiger partial charge in [-0.2, -0.15) is 5.10 Å². The zero-order chi connectivity index (χ0) is 14.2. The van der Waals surface area contributed by atoms with E-state index in [0.717, 1.165) is 19.6 Å². The van der Waals surface area contributed by atoms with Crippen molar-refractivity contribution in [1.82, 2.24) is 15.1 Å². The highest BCUT2D eigenvalue weighted by Gasteiger charge is 2.35. The van der Waals surface area contributed by atoms with Crippen molar-refractivity contribution in [3.63, 3.8) is 0 Å². The molecular formula is C16H25BrN4. The molecule has 2 fully saturated rings. The van der Waals surface area contributed by atoms with Crippen LogP contribution >= 0.6 is 15.9 Å². The van der Waals surface area contributed by atoms with Crippen LogP contribution in [0.4, 0.5) is 5.82 Å². The standard InChI is InChI=1S/C16H25BrN4/c17-14-15(11-5-3-1-2-4-6-11)20-21-13-7-8-18-9-12(13)10-19-16(14)21/h11-13,18-19H,1-10H2. The van der Waals surface area contributed by atoms with Gasteiger partial charge in [0.15, 0.2) is 0 Å². The quantitative estimate of drug-likeness (QED) is 0.757. The Morgan fingerprint density at radius 2 is 1.86 bits per heavy atom. The Hall–Kier alpha value is -0.550. The van der Waals surface area contributed by atoms with E-state index in [0.29, 0.717) is 17.9 Å². The fourth-order valence-corrected chi connectivity index (χ4v) is 5.04. The molecule has 1 saturated carbocycles. The number of fused-ring (bicyclic) bond motifs is 3. The van der Waals surface area contributed by atoms with Crippen LogP contribution in [0.5, 0.6) is 0 Å². The zero-order valence-electron chi connectivity index (χ0n) is 12.6. The lowest BCUT2D eigenvalue weighted by Gasteiger charge is -2.37. The van der Waals surface area contributed by atoms with Crippen LogP contribution in [0.1, 0.15) is 62.6 Å². The molecule has 0 amide bonds. The third-order valence-electron chi connectivity index (χ3n) is 5.53. The van der Waals surface area contributed by atoms with Crippen molar-refractivity contribution in [3.05, 3.63) is 10.2 Å². The number of nitrogens with zero attached hydrogens (tertiary/aromatic N) is 2. The topological polar surface area (TPSA) is 41.9 Å². The van der Waals surface area contributed by atoms with Gasteiger partial charge in [0.2, 0.25) is 0 Å². The van der Waals surface area contributed by atoms with E-state index in [9.17, 15) is 0 Å². The highest BCUT2D eigenvalue weighted by Crippen LogP contribution is 2.42. The summed E-state index contributed by atoms with van der Waals surface area (Å²) >= 11 is 3.85. The summed E-state index contributed by atoms with van der Waals surface area (Å²) in [6.45, 7) is 3.32. The largest absolute Gasteiger partial charge is 0.369 e. The number of anilines is 1. The molecule has 0 radical (unpaired) electrons. The average Bonchev–Trinajstić information content (AvgIpc) is 2.70. The summed E-state index contributed by atoms with van der Waals surface area (Å²) < 4.78 is 3.55. The highest BCUT2D eigenvalue weighted by atomic mass is 79.9. The van der Waals surface area contributed by atoms with E-state index in [1.807, 2.05) is 0 Å². The smallest absolute Gasteiger partial charge is 0.139 e. The number of nitrogens with one attached hydrogen (secondary N) is 2. The van der Waals surface area contributed by atoms with Crippen LogP contribution in [0.15, 0.2) is 4.47 Å². The molecule has 5 heteroatoms. The van der Waals surface area contributed by atoms with Gasteiger partial charge in [-0.25, -0.2) is 4.68 Å². The molecule has 0 spiro atoms. The monoisotopic (exact) mass is 352 g/mol. The van der Waals surface area contributed by atoms with E-state index >= 15 is 0 Å². The molecule has 2 N–H and O–H groups in total. The first-order chi connectivity index (χ1) is 10.3. The minimum absolute atomic E-state index is 0.582. The Labute approximate surface area is 135 Å². The normalized spacial score (nSPS) is 30.1. The second-order valence-electron chi connectivity index (χ2n) is 6.88. The Balaban J connectivity index is 1.66. The number of aromatic nitrogens is 2. The van der Waals surface area contributed by atoms with Crippen LogP contribution in [-0.4, -0.2) is 29.4 Å². The van der Waals surface area contributed by atoms with E-state index in [1.165, 1.54) is 60.9 Å². The average molecular weight is 353 g/mol. The maximum Gasteiger partial charge on any atom is 0.139 e. The molecule has 4 rings (SSSR count). The van der Waals surface area contributed by atoms with Crippen molar-refractivity contribution in [2.75, 3.05) is 25.0 Å². The molecule has 116 valence electrons. The van der Waals surface area contributed by atoms with Crippen LogP contribution in [0, 0.1) is 5.92 Å². The summed E-state index contributed by atoms with van der Waals surface area (Å²) in [6.07, 6.45) is 9.35. The Kier molecular flexibility index (Phi) is 3.96. The van der Waals surface area contributed by atoms with Gasteiger partial charge in [0.25, 0.3) is 0 Å². The number of piperidine rings is 1. The Morgan fingerprint density at radius 1 is 1.05 bits per heavy atom. The second-order valence-corrected chi connectivity index (χ2v) is 7.68. The molecule has 1 saturated heterocycles. The van der Waals surface area contributed by atoms with E-state index in [2.05, 4.69) is 31.2 Å². The molecule has 1 aromatic rings. The molecule has 1 aliphatic carbocycles. The van der Waals surface area contributed by atoms with Crippen molar-refractivity contribution in [1.29, 1.82) is 0 Å². The molecule has 0 bridgehead atoms. The Morgan fingerprint density at radius 3 is 2.67 bits per heavy atom. The zero-order valence-corrected chi connectivity index (χ0v) is 14.2. The van der Waals surface area contributed by atoms with Crippen LogP contribution in [0.25, 0.3) is 0 Å². The molecule has 1 aromatic heterocycles. The van der Waals surface area contributed by atoms with Crippen molar-refractivity contribution < 1.29 is 0 Å². The molecule has 4 nitrogen and oxygen atoms in total. The van der Waals surface area contributed by atoms with Gasteiger partial charge in [0, 0.05) is 24.9 Å². The molecule has 2 unspecified atom stereocenters. The lowest BCUT2D eigenvalue weighted by Crippen LogP contribution is -2.44. The second kappa shape index (κ2) is 5.92. The van der Waals surface area contributed by atoms with Gasteiger partial charge >= 0.3 is 0 Å². The number of hydrogen-bond acceptors (Lipinski definition) is 3. The fourth-order valence-electron chi connectivity index (χ4n) is 4.31. The van der Waals surface area contributed by atoms with E-state index in [4.69, 9.17) is 5.10 Å². The maximum absolute atomic E-state index is 5.08. The molecule has 2 aliphatic heterocycles. The molecule has 21 heavy (non-hydrogen) atoms. The minimum Gasteiger partial charge on any atom is -0.369 e. The van der Waals surface area contributed by atoms with Crippen LogP contribution < -0.4 is 10.6 Å². The minimum atomic E-state index is 0.582. The van der Waals surface area contributed by atoms with Crippen molar-refractivity contribution in [2.45, 2.75) is 56.9 Å². The lowest BCUT2D eigenvalue weighted by atomic mass is 9.92. The molecule has 2 atom stereocenters. The van der Waals surface area contributed by atoms with Crippen LogP contribution in [-0.2, 0) is 0 Å². The van der Waals surface area contributed by atoms with Gasteiger partial charge in [-0.3, -0.25) is 0 Å².